The Bertz CT molecular complexity index is 974. The number of rotatable bonds is 9. The van der Waals surface area contributed by atoms with Crippen molar-refractivity contribution < 1.29 is 26.4 Å². The molecule has 0 atom stereocenters. The van der Waals surface area contributed by atoms with Gasteiger partial charge >= 0.3 is 6.18 Å². The number of anilines is 1. The molecule has 9 heteroatoms. The van der Waals surface area contributed by atoms with Gasteiger partial charge in [0.2, 0.25) is 15.9 Å². The van der Waals surface area contributed by atoms with Crippen molar-refractivity contribution in [1.82, 2.24) is 4.31 Å². The van der Waals surface area contributed by atoms with Gasteiger partial charge in [0.05, 0.1) is 12.1 Å². The molecule has 0 unspecified atom stereocenters. The molecule has 0 spiro atoms. The number of unbranched alkanes of at least 4 members (excludes halogenated alkanes) is 1. The minimum Gasteiger partial charge on any atom is -0.325 e. The van der Waals surface area contributed by atoms with Crippen molar-refractivity contribution in [2.24, 2.45) is 0 Å². The second-order valence-corrected chi connectivity index (χ2v) is 8.39. The number of nitrogens with zero attached hydrogens (tertiary/aromatic N) is 1. The van der Waals surface area contributed by atoms with Crippen LogP contribution >= 0.6 is 0 Å². The Morgan fingerprint density at radius 1 is 1.10 bits per heavy atom. The molecule has 1 amide bonds. The highest BCUT2D eigenvalue weighted by Gasteiger charge is 2.30. The Hall–Kier alpha value is -2.65. The fourth-order valence-corrected chi connectivity index (χ4v) is 3.76. The predicted molar refractivity (Wildman–Crippen MR) is 111 cm³/mol. The molecule has 0 radical (unpaired) electrons. The standard InChI is InChI=1S/C21H23F3N2O3S/c1-2-3-13-26(30(28,29)14-12-17-8-5-4-6-9-17)16-20(27)25-19-11-7-10-18(15-19)21(22,23)24/h4-12,14-15H,2-3,13,16H2,1H3,(H,25,27)/b14-12+. The number of sulfonamides is 1. The van der Waals surface area contributed by atoms with E-state index in [4.69, 9.17) is 0 Å². The van der Waals surface area contributed by atoms with E-state index in [1.807, 2.05) is 6.92 Å². The van der Waals surface area contributed by atoms with Crippen molar-refractivity contribution in [2.75, 3.05) is 18.4 Å². The topological polar surface area (TPSA) is 66.5 Å². The maximum atomic E-state index is 12.8. The summed E-state index contributed by atoms with van der Waals surface area (Å²) in [5, 5.41) is 3.36. The van der Waals surface area contributed by atoms with E-state index in [-0.39, 0.29) is 12.2 Å². The molecule has 0 aromatic heterocycles. The highest BCUT2D eigenvalue weighted by Crippen LogP contribution is 2.30. The van der Waals surface area contributed by atoms with Crippen molar-refractivity contribution >= 4 is 27.7 Å². The van der Waals surface area contributed by atoms with Crippen LogP contribution in [0, 0.1) is 0 Å². The smallest absolute Gasteiger partial charge is 0.325 e. The number of hydrogen-bond donors (Lipinski definition) is 1. The van der Waals surface area contributed by atoms with Gasteiger partial charge in [0, 0.05) is 17.6 Å². The predicted octanol–water partition coefficient (Wildman–Crippen LogP) is 4.75. The summed E-state index contributed by atoms with van der Waals surface area (Å²) in [7, 11) is -3.90. The summed E-state index contributed by atoms with van der Waals surface area (Å²) in [5.74, 6) is -0.720. The number of hydrogen-bond acceptors (Lipinski definition) is 3. The van der Waals surface area contributed by atoms with Gasteiger partial charge in [-0.1, -0.05) is 49.7 Å². The molecular weight excluding hydrogens is 417 g/mol. The molecule has 2 aromatic carbocycles. The lowest BCUT2D eigenvalue weighted by Crippen LogP contribution is -2.37. The highest BCUT2D eigenvalue weighted by atomic mass is 32.2. The lowest BCUT2D eigenvalue weighted by molar-refractivity contribution is -0.137. The first kappa shape index (κ1) is 23.6. The molecule has 0 fully saturated rings. The van der Waals surface area contributed by atoms with Gasteiger partial charge in [-0.2, -0.15) is 17.5 Å². The number of nitrogens with one attached hydrogen (secondary N) is 1. The van der Waals surface area contributed by atoms with Gasteiger partial charge in [-0.3, -0.25) is 4.79 Å². The quantitative estimate of drug-likeness (QED) is 0.612. The van der Waals surface area contributed by atoms with Gasteiger partial charge in [-0.05, 0) is 36.3 Å². The molecule has 1 N–H and O–H groups in total. The number of carbonyl (C=O) groups is 1. The van der Waals surface area contributed by atoms with Gasteiger partial charge < -0.3 is 5.32 Å². The molecule has 30 heavy (non-hydrogen) atoms. The van der Waals surface area contributed by atoms with Crippen LogP contribution in [-0.2, 0) is 21.0 Å². The van der Waals surface area contributed by atoms with Gasteiger partial charge in [-0.15, -0.1) is 0 Å². The summed E-state index contributed by atoms with van der Waals surface area (Å²) in [4.78, 5) is 12.3. The van der Waals surface area contributed by atoms with Crippen molar-refractivity contribution in [1.29, 1.82) is 0 Å². The Balaban J connectivity index is 2.13. The maximum absolute atomic E-state index is 12.8. The van der Waals surface area contributed by atoms with Crippen LogP contribution in [0.5, 0.6) is 0 Å². The Kier molecular flexibility index (Phi) is 8.19. The first-order valence-corrected chi connectivity index (χ1v) is 10.8. The van der Waals surface area contributed by atoms with Crippen molar-refractivity contribution in [3.63, 3.8) is 0 Å². The SMILES string of the molecule is CCCCN(CC(=O)Nc1cccc(C(F)(F)F)c1)S(=O)(=O)/C=C/c1ccccc1. The number of halogens is 3. The first-order valence-electron chi connectivity index (χ1n) is 9.32. The van der Waals surface area contributed by atoms with Crippen LogP contribution in [0.4, 0.5) is 18.9 Å². The van der Waals surface area contributed by atoms with Crippen molar-refractivity contribution in [3.8, 4) is 0 Å². The first-order chi connectivity index (χ1) is 14.1. The zero-order valence-electron chi connectivity index (χ0n) is 16.4. The molecular formula is C21H23F3N2O3S. The third-order valence-corrected chi connectivity index (χ3v) is 5.66. The highest BCUT2D eigenvalue weighted by molar-refractivity contribution is 7.92. The van der Waals surface area contributed by atoms with Gasteiger partial charge in [0.25, 0.3) is 0 Å². The van der Waals surface area contributed by atoms with E-state index < -0.39 is 34.2 Å². The van der Waals surface area contributed by atoms with Crippen LogP contribution in [0.15, 0.2) is 60.0 Å². The molecule has 2 aromatic rings. The van der Waals surface area contributed by atoms with Crippen LogP contribution in [0.2, 0.25) is 0 Å². The Morgan fingerprint density at radius 3 is 2.43 bits per heavy atom. The Morgan fingerprint density at radius 2 is 1.80 bits per heavy atom. The third kappa shape index (κ3) is 7.31. The second kappa shape index (κ2) is 10.4. The molecule has 162 valence electrons. The minimum atomic E-state index is -4.54. The molecule has 0 saturated heterocycles. The van der Waals surface area contributed by atoms with Crippen LogP contribution in [0.25, 0.3) is 6.08 Å². The van der Waals surface area contributed by atoms with Crippen LogP contribution in [0.1, 0.15) is 30.9 Å². The average molecular weight is 440 g/mol. The summed E-state index contributed by atoms with van der Waals surface area (Å²) < 4.78 is 64.9. The molecule has 0 aliphatic carbocycles. The summed E-state index contributed by atoms with van der Waals surface area (Å²) in [5.41, 5.74) is -0.269. The molecule has 5 nitrogen and oxygen atoms in total. The summed E-state index contributed by atoms with van der Waals surface area (Å²) in [6.07, 6.45) is -1.86. The lowest BCUT2D eigenvalue weighted by Gasteiger charge is -2.20. The second-order valence-electron chi connectivity index (χ2n) is 6.57. The number of amides is 1. The fraction of sp³-hybridized carbons (Fsp3) is 0.286. The molecule has 0 saturated carbocycles. The zero-order valence-corrected chi connectivity index (χ0v) is 17.2. The molecule has 0 bridgehead atoms. The number of benzene rings is 2. The Labute approximate surface area is 174 Å². The van der Waals surface area contributed by atoms with E-state index in [0.29, 0.717) is 18.4 Å². The van der Waals surface area contributed by atoms with Crippen molar-refractivity contribution in [3.05, 3.63) is 71.1 Å². The fourth-order valence-electron chi connectivity index (χ4n) is 2.58. The maximum Gasteiger partial charge on any atom is 0.416 e. The van der Waals surface area contributed by atoms with E-state index in [1.165, 1.54) is 18.2 Å². The van der Waals surface area contributed by atoms with Crippen LogP contribution < -0.4 is 5.32 Å². The van der Waals surface area contributed by atoms with E-state index in [0.717, 1.165) is 21.8 Å². The lowest BCUT2D eigenvalue weighted by atomic mass is 10.2. The summed E-state index contributed by atoms with van der Waals surface area (Å²) >= 11 is 0. The molecule has 0 heterocycles. The third-order valence-electron chi connectivity index (χ3n) is 4.15. The summed E-state index contributed by atoms with van der Waals surface area (Å²) in [6, 6.07) is 13.0. The van der Waals surface area contributed by atoms with Gasteiger partial charge in [0.1, 0.15) is 0 Å². The van der Waals surface area contributed by atoms with E-state index in [1.54, 1.807) is 30.3 Å². The monoisotopic (exact) mass is 440 g/mol. The largest absolute Gasteiger partial charge is 0.416 e. The normalized spacial score (nSPS) is 12.4. The van der Waals surface area contributed by atoms with E-state index >= 15 is 0 Å². The van der Waals surface area contributed by atoms with E-state index in [9.17, 15) is 26.4 Å². The van der Waals surface area contributed by atoms with Gasteiger partial charge in [0.15, 0.2) is 0 Å². The summed E-state index contributed by atoms with van der Waals surface area (Å²) in [6.45, 7) is 1.50. The van der Waals surface area contributed by atoms with E-state index in [2.05, 4.69) is 5.32 Å². The molecule has 0 aliphatic heterocycles. The molecule has 0 aliphatic rings. The number of carbonyl (C=O) groups excluding carboxylic acids is 1. The average Bonchev–Trinajstić information content (AvgIpc) is 2.70. The van der Waals surface area contributed by atoms with Crippen LogP contribution in [-0.4, -0.2) is 31.7 Å². The van der Waals surface area contributed by atoms with Gasteiger partial charge in [-0.25, -0.2) is 8.42 Å². The molecule has 2 rings (SSSR count). The van der Waals surface area contributed by atoms with Crippen LogP contribution in [0.3, 0.4) is 0 Å². The van der Waals surface area contributed by atoms with Crippen molar-refractivity contribution in [2.45, 2.75) is 25.9 Å². The number of alkyl halides is 3. The zero-order chi connectivity index (χ0) is 22.2. The minimum absolute atomic E-state index is 0.0532.